The van der Waals surface area contributed by atoms with Gasteiger partial charge in [-0.1, -0.05) is 34.6 Å². The van der Waals surface area contributed by atoms with E-state index in [1.165, 1.54) is 17.1 Å². The van der Waals surface area contributed by atoms with Gasteiger partial charge in [-0.2, -0.15) is 0 Å². The molecule has 1 rings (SSSR count). The summed E-state index contributed by atoms with van der Waals surface area (Å²) in [5.41, 5.74) is 0.0312. The molecule has 1 aliphatic rings. The molecule has 112 valence electrons. The summed E-state index contributed by atoms with van der Waals surface area (Å²) in [6.45, 7) is 10.7. The molecule has 2 atom stereocenters. The Hall–Kier alpha value is -1.65. The second kappa shape index (κ2) is 6.20. The molecule has 1 heterocycles. The molecule has 2 unspecified atom stereocenters. The van der Waals surface area contributed by atoms with Crippen molar-refractivity contribution in [3.63, 3.8) is 0 Å². The van der Waals surface area contributed by atoms with E-state index in [0.717, 1.165) is 0 Å². The summed E-state index contributed by atoms with van der Waals surface area (Å²) in [6.07, 6.45) is 2.53. The minimum Gasteiger partial charge on any atom is -0.355 e. The maximum absolute atomic E-state index is 12.1. The smallest absolute Gasteiger partial charge is 0.253 e. The molecule has 0 aromatic carbocycles. The zero-order chi connectivity index (χ0) is 15.5. The van der Waals surface area contributed by atoms with Crippen molar-refractivity contribution in [2.45, 2.75) is 34.6 Å². The number of hydrogen-bond donors (Lipinski definition) is 1. The first kappa shape index (κ1) is 16.4. The van der Waals surface area contributed by atoms with Crippen molar-refractivity contribution in [3.8, 4) is 0 Å². The van der Waals surface area contributed by atoms with Crippen molar-refractivity contribution in [2.24, 2.45) is 17.3 Å². The van der Waals surface area contributed by atoms with Crippen LogP contribution in [0.3, 0.4) is 0 Å². The highest BCUT2D eigenvalue weighted by Crippen LogP contribution is 2.17. The highest BCUT2D eigenvalue weighted by atomic mass is 16.2. The predicted octanol–water partition coefficient (Wildman–Crippen LogP) is 1.35. The van der Waals surface area contributed by atoms with Gasteiger partial charge in [-0.15, -0.1) is 0 Å². The van der Waals surface area contributed by atoms with E-state index in [0.29, 0.717) is 6.54 Å². The van der Waals surface area contributed by atoms with Crippen molar-refractivity contribution < 1.29 is 14.4 Å². The molecule has 0 saturated heterocycles. The van der Waals surface area contributed by atoms with E-state index in [1.54, 1.807) is 0 Å². The first-order chi connectivity index (χ1) is 9.11. The minimum atomic E-state index is -0.302. The normalized spacial score (nSPS) is 18.4. The van der Waals surface area contributed by atoms with E-state index in [2.05, 4.69) is 26.1 Å². The summed E-state index contributed by atoms with van der Waals surface area (Å²) in [6, 6.07) is 0. The Morgan fingerprint density at radius 1 is 1.20 bits per heavy atom. The van der Waals surface area contributed by atoms with E-state index in [4.69, 9.17) is 0 Å². The fourth-order valence-corrected chi connectivity index (χ4v) is 1.83. The van der Waals surface area contributed by atoms with Crippen LogP contribution in [0.5, 0.6) is 0 Å². The highest BCUT2D eigenvalue weighted by Gasteiger charge is 2.29. The lowest BCUT2D eigenvalue weighted by molar-refractivity contribution is -0.139. The molecule has 0 radical (unpaired) electrons. The second-order valence-electron chi connectivity index (χ2n) is 6.66. The van der Waals surface area contributed by atoms with Crippen LogP contribution in [0.4, 0.5) is 0 Å². The van der Waals surface area contributed by atoms with Crippen molar-refractivity contribution in [3.05, 3.63) is 12.2 Å². The van der Waals surface area contributed by atoms with E-state index in [1.807, 2.05) is 13.8 Å². The van der Waals surface area contributed by atoms with Crippen LogP contribution in [0.15, 0.2) is 12.2 Å². The van der Waals surface area contributed by atoms with Crippen molar-refractivity contribution in [1.29, 1.82) is 0 Å². The van der Waals surface area contributed by atoms with Gasteiger partial charge in [-0.25, -0.2) is 0 Å². The molecule has 0 aromatic rings. The molecule has 1 N–H and O–H groups in total. The molecule has 0 fully saturated rings. The number of nitrogens with one attached hydrogen (secondary N) is 1. The topological polar surface area (TPSA) is 66.5 Å². The molecule has 5 heteroatoms. The first-order valence-electron chi connectivity index (χ1n) is 6.93. The zero-order valence-corrected chi connectivity index (χ0v) is 12.9. The van der Waals surface area contributed by atoms with Crippen LogP contribution in [-0.2, 0) is 14.4 Å². The van der Waals surface area contributed by atoms with Crippen LogP contribution < -0.4 is 5.32 Å². The Kier molecular flexibility index (Phi) is 5.09. The molecular formula is C15H24N2O3. The maximum atomic E-state index is 12.1. The van der Waals surface area contributed by atoms with Gasteiger partial charge in [-0.05, 0) is 11.3 Å². The average molecular weight is 280 g/mol. The molecular weight excluding hydrogens is 256 g/mol. The summed E-state index contributed by atoms with van der Waals surface area (Å²) < 4.78 is 0. The molecule has 1 aliphatic heterocycles. The molecule has 0 bridgehead atoms. The quantitative estimate of drug-likeness (QED) is 0.773. The summed E-state index contributed by atoms with van der Waals surface area (Å²) in [5.74, 6) is -0.978. The van der Waals surface area contributed by atoms with Gasteiger partial charge in [0.15, 0.2) is 0 Å². The van der Waals surface area contributed by atoms with Gasteiger partial charge >= 0.3 is 0 Å². The standard InChI is InChI=1S/C15H24N2O3/c1-10(8-17-12(18)6-7-13(17)19)11(2)14(20)16-9-15(3,4)5/h6-7,10-11H,8-9H2,1-5H3,(H,16,20). The summed E-state index contributed by atoms with van der Waals surface area (Å²) >= 11 is 0. The highest BCUT2D eigenvalue weighted by molar-refractivity contribution is 6.12. The Morgan fingerprint density at radius 3 is 2.15 bits per heavy atom. The first-order valence-corrected chi connectivity index (χ1v) is 6.93. The molecule has 0 aromatic heterocycles. The molecule has 5 nitrogen and oxygen atoms in total. The van der Waals surface area contributed by atoms with Gasteiger partial charge < -0.3 is 5.32 Å². The lowest BCUT2D eigenvalue weighted by Crippen LogP contribution is -2.42. The number of carbonyl (C=O) groups is 3. The predicted molar refractivity (Wildman–Crippen MR) is 76.7 cm³/mol. The van der Waals surface area contributed by atoms with Gasteiger partial charge in [0.25, 0.3) is 11.8 Å². The van der Waals surface area contributed by atoms with Crippen LogP contribution in [0.1, 0.15) is 34.6 Å². The number of carbonyl (C=O) groups excluding carboxylic acids is 3. The van der Waals surface area contributed by atoms with Crippen molar-refractivity contribution in [2.75, 3.05) is 13.1 Å². The third-order valence-electron chi connectivity index (χ3n) is 3.43. The molecule has 0 aliphatic carbocycles. The Balaban J connectivity index is 2.50. The van der Waals surface area contributed by atoms with Crippen molar-refractivity contribution in [1.82, 2.24) is 10.2 Å². The zero-order valence-electron chi connectivity index (χ0n) is 12.9. The Bertz CT molecular complexity index is 417. The Labute approximate surface area is 120 Å². The maximum Gasteiger partial charge on any atom is 0.253 e. The SMILES string of the molecule is CC(CN1C(=O)C=CC1=O)C(C)C(=O)NCC(C)(C)C. The molecule has 0 spiro atoms. The van der Waals surface area contributed by atoms with Crippen LogP contribution in [0.2, 0.25) is 0 Å². The lowest BCUT2D eigenvalue weighted by atomic mass is 9.93. The number of amides is 3. The van der Waals surface area contributed by atoms with Gasteiger partial charge in [0, 0.05) is 31.2 Å². The van der Waals surface area contributed by atoms with Crippen LogP contribution in [0, 0.1) is 17.3 Å². The Morgan fingerprint density at radius 2 is 1.70 bits per heavy atom. The summed E-state index contributed by atoms with van der Waals surface area (Å²) in [4.78, 5) is 36.2. The summed E-state index contributed by atoms with van der Waals surface area (Å²) in [7, 11) is 0. The second-order valence-corrected chi connectivity index (χ2v) is 6.66. The van der Waals surface area contributed by atoms with E-state index in [-0.39, 0.29) is 41.5 Å². The van der Waals surface area contributed by atoms with Gasteiger partial charge in [-0.3, -0.25) is 19.3 Å². The average Bonchev–Trinajstić information content (AvgIpc) is 2.65. The largest absolute Gasteiger partial charge is 0.355 e. The molecule has 20 heavy (non-hydrogen) atoms. The van der Waals surface area contributed by atoms with E-state index < -0.39 is 0 Å². The van der Waals surface area contributed by atoms with E-state index >= 15 is 0 Å². The number of imide groups is 1. The monoisotopic (exact) mass is 280 g/mol. The molecule has 0 saturated carbocycles. The third kappa shape index (κ3) is 4.47. The number of hydrogen-bond acceptors (Lipinski definition) is 3. The number of nitrogens with zero attached hydrogens (tertiary/aromatic N) is 1. The fraction of sp³-hybridized carbons (Fsp3) is 0.667. The van der Waals surface area contributed by atoms with E-state index in [9.17, 15) is 14.4 Å². The third-order valence-corrected chi connectivity index (χ3v) is 3.43. The molecule has 3 amide bonds. The van der Waals surface area contributed by atoms with Gasteiger partial charge in [0.2, 0.25) is 5.91 Å². The number of rotatable bonds is 5. The van der Waals surface area contributed by atoms with Crippen LogP contribution >= 0.6 is 0 Å². The van der Waals surface area contributed by atoms with Gasteiger partial charge in [0.05, 0.1) is 0 Å². The van der Waals surface area contributed by atoms with Gasteiger partial charge in [0.1, 0.15) is 0 Å². The van der Waals surface area contributed by atoms with Crippen LogP contribution in [0.25, 0.3) is 0 Å². The fourth-order valence-electron chi connectivity index (χ4n) is 1.83. The van der Waals surface area contributed by atoms with Crippen LogP contribution in [-0.4, -0.2) is 35.7 Å². The minimum absolute atomic E-state index is 0.0312. The lowest BCUT2D eigenvalue weighted by Gasteiger charge is -2.25. The van der Waals surface area contributed by atoms with Crippen molar-refractivity contribution >= 4 is 17.7 Å². The summed E-state index contributed by atoms with van der Waals surface area (Å²) in [5, 5.41) is 2.91.